The number of rotatable bonds is 5. The van der Waals surface area contributed by atoms with E-state index in [2.05, 4.69) is 20.0 Å². The van der Waals surface area contributed by atoms with Gasteiger partial charge in [0.05, 0.1) is 12.2 Å². The van der Waals surface area contributed by atoms with E-state index >= 15 is 0 Å². The molecule has 116 valence electrons. The average molecular weight is 311 g/mol. The topological polar surface area (TPSA) is 68.0 Å². The summed E-state index contributed by atoms with van der Waals surface area (Å²) in [6, 6.07) is 11.7. The number of hydrogen-bond acceptors (Lipinski definition) is 4. The summed E-state index contributed by atoms with van der Waals surface area (Å²) in [5, 5.41) is 6.26. The first-order valence-electron chi connectivity index (χ1n) is 7.07. The Bertz CT molecular complexity index is 786. The van der Waals surface area contributed by atoms with Crippen molar-refractivity contribution in [3.63, 3.8) is 0 Å². The number of hydrogen-bond donors (Lipinski definition) is 1. The van der Waals surface area contributed by atoms with Crippen LogP contribution >= 0.6 is 0 Å². The van der Waals surface area contributed by atoms with E-state index in [9.17, 15) is 9.18 Å². The van der Waals surface area contributed by atoms with E-state index in [0.29, 0.717) is 13.0 Å². The molecule has 1 amide bonds. The normalized spacial score (nSPS) is 10.5. The van der Waals surface area contributed by atoms with Gasteiger partial charge in [0, 0.05) is 12.3 Å². The molecule has 2 aromatic heterocycles. The van der Waals surface area contributed by atoms with Gasteiger partial charge in [-0.05, 0) is 35.7 Å². The zero-order valence-electron chi connectivity index (χ0n) is 12.2. The molecule has 6 heteroatoms. The largest absolute Gasteiger partial charge is 0.364 e. The molecule has 0 fully saturated rings. The Morgan fingerprint density at radius 3 is 2.78 bits per heavy atom. The van der Waals surface area contributed by atoms with Crippen molar-refractivity contribution in [3.8, 4) is 0 Å². The van der Waals surface area contributed by atoms with E-state index < -0.39 is 0 Å². The summed E-state index contributed by atoms with van der Waals surface area (Å²) in [5.41, 5.74) is 2.82. The maximum absolute atomic E-state index is 13.2. The van der Waals surface area contributed by atoms with Gasteiger partial charge in [0.1, 0.15) is 12.1 Å². The lowest BCUT2D eigenvalue weighted by Crippen LogP contribution is -2.23. The number of carbonyl (C=O) groups is 1. The quantitative estimate of drug-likeness (QED) is 0.786. The van der Waals surface area contributed by atoms with Crippen LogP contribution in [0.5, 0.6) is 0 Å². The molecular formula is C17H14FN3O2. The molecule has 1 N–H and O–H groups in total. The van der Waals surface area contributed by atoms with Crippen LogP contribution in [0.25, 0.3) is 0 Å². The van der Waals surface area contributed by atoms with Gasteiger partial charge in [0.25, 0.3) is 5.91 Å². The summed E-state index contributed by atoms with van der Waals surface area (Å²) in [6.45, 7) is 0.298. The van der Waals surface area contributed by atoms with Gasteiger partial charge in [-0.1, -0.05) is 23.4 Å². The number of pyridine rings is 1. The highest BCUT2D eigenvalue weighted by Crippen LogP contribution is 2.10. The minimum atomic E-state index is -0.315. The SMILES string of the molecule is O=C(NCc1ccc(Cc2cccc(F)c2)cn1)c1ccon1. The number of benzene rings is 1. The third-order valence-corrected chi connectivity index (χ3v) is 3.28. The van der Waals surface area contributed by atoms with Gasteiger partial charge in [0.15, 0.2) is 5.69 Å². The Balaban J connectivity index is 1.58. The van der Waals surface area contributed by atoms with Crippen LogP contribution in [0.15, 0.2) is 59.4 Å². The van der Waals surface area contributed by atoms with Gasteiger partial charge in [-0.25, -0.2) is 4.39 Å². The smallest absolute Gasteiger partial charge is 0.273 e. The fourth-order valence-electron chi connectivity index (χ4n) is 2.14. The lowest BCUT2D eigenvalue weighted by atomic mass is 10.1. The van der Waals surface area contributed by atoms with Gasteiger partial charge < -0.3 is 9.84 Å². The monoisotopic (exact) mass is 311 g/mol. The summed E-state index contributed by atoms with van der Waals surface area (Å²) in [7, 11) is 0. The Morgan fingerprint density at radius 2 is 2.09 bits per heavy atom. The van der Waals surface area contributed by atoms with Crippen LogP contribution in [0.4, 0.5) is 4.39 Å². The van der Waals surface area contributed by atoms with Gasteiger partial charge in [0.2, 0.25) is 0 Å². The Hall–Kier alpha value is -3.02. The highest BCUT2D eigenvalue weighted by Gasteiger charge is 2.08. The second kappa shape index (κ2) is 6.83. The van der Waals surface area contributed by atoms with Crippen LogP contribution < -0.4 is 5.32 Å². The zero-order chi connectivity index (χ0) is 16.1. The van der Waals surface area contributed by atoms with Crippen molar-refractivity contribution in [2.24, 2.45) is 0 Å². The molecule has 0 spiro atoms. The van der Waals surface area contributed by atoms with Crippen LogP contribution in [-0.4, -0.2) is 16.0 Å². The lowest BCUT2D eigenvalue weighted by molar-refractivity contribution is 0.0941. The summed E-state index contributed by atoms with van der Waals surface area (Å²) in [6.07, 6.45) is 3.67. The van der Waals surface area contributed by atoms with Crippen LogP contribution in [0.1, 0.15) is 27.3 Å². The van der Waals surface area contributed by atoms with E-state index in [0.717, 1.165) is 16.8 Å². The third kappa shape index (κ3) is 4.00. The molecule has 23 heavy (non-hydrogen) atoms. The Kier molecular flexibility index (Phi) is 4.42. The molecule has 0 unspecified atom stereocenters. The van der Waals surface area contributed by atoms with Crippen molar-refractivity contribution in [1.29, 1.82) is 0 Å². The zero-order valence-corrected chi connectivity index (χ0v) is 12.2. The van der Waals surface area contributed by atoms with Gasteiger partial charge >= 0.3 is 0 Å². The number of aromatic nitrogens is 2. The molecule has 0 bridgehead atoms. The predicted octanol–water partition coefficient (Wildman–Crippen LogP) is 2.73. The second-order valence-corrected chi connectivity index (χ2v) is 5.03. The van der Waals surface area contributed by atoms with Crippen molar-refractivity contribution < 1.29 is 13.7 Å². The molecule has 0 aliphatic rings. The molecule has 0 saturated carbocycles. The number of amides is 1. The van der Waals surface area contributed by atoms with Crippen molar-refractivity contribution in [2.75, 3.05) is 0 Å². The molecule has 0 saturated heterocycles. The molecule has 0 atom stereocenters. The van der Waals surface area contributed by atoms with E-state index in [1.54, 1.807) is 12.3 Å². The Labute approximate surface area is 132 Å². The maximum Gasteiger partial charge on any atom is 0.273 e. The minimum absolute atomic E-state index is 0.229. The van der Waals surface area contributed by atoms with Crippen LogP contribution in [0, 0.1) is 5.82 Å². The van der Waals surface area contributed by atoms with Crippen LogP contribution in [-0.2, 0) is 13.0 Å². The number of nitrogens with zero attached hydrogens (tertiary/aromatic N) is 2. The molecule has 3 rings (SSSR count). The molecular weight excluding hydrogens is 297 g/mol. The summed E-state index contributed by atoms with van der Waals surface area (Å²) in [5.74, 6) is -0.563. The van der Waals surface area contributed by atoms with E-state index in [1.165, 1.54) is 24.5 Å². The molecule has 2 heterocycles. The summed E-state index contributed by atoms with van der Waals surface area (Å²) < 4.78 is 17.8. The first-order chi connectivity index (χ1) is 11.2. The molecule has 1 aromatic carbocycles. The standard InChI is InChI=1S/C17H14FN3O2/c18-14-3-1-2-12(9-14)8-13-4-5-15(19-10-13)11-20-17(22)16-6-7-23-21-16/h1-7,9-10H,8,11H2,(H,20,22). The number of carbonyl (C=O) groups excluding carboxylic acids is 1. The summed E-state index contributed by atoms with van der Waals surface area (Å²) >= 11 is 0. The first-order valence-corrected chi connectivity index (χ1v) is 7.07. The molecule has 0 aliphatic heterocycles. The van der Waals surface area contributed by atoms with Crippen molar-refractivity contribution in [2.45, 2.75) is 13.0 Å². The van der Waals surface area contributed by atoms with E-state index in [4.69, 9.17) is 0 Å². The third-order valence-electron chi connectivity index (χ3n) is 3.28. The molecule has 0 radical (unpaired) electrons. The molecule has 3 aromatic rings. The highest BCUT2D eigenvalue weighted by molar-refractivity contribution is 5.91. The van der Waals surface area contributed by atoms with Crippen molar-refractivity contribution >= 4 is 5.91 Å². The molecule has 5 nitrogen and oxygen atoms in total. The minimum Gasteiger partial charge on any atom is -0.364 e. The second-order valence-electron chi connectivity index (χ2n) is 5.03. The number of halogens is 1. The maximum atomic E-state index is 13.2. The molecule has 0 aliphatic carbocycles. The number of nitrogens with one attached hydrogen (secondary N) is 1. The Morgan fingerprint density at radius 1 is 1.17 bits per heavy atom. The van der Waals surface area contributed by atoms with Crippen LogP contribution in [0.3, 0.4) is 0 Å². The predicted molar refractivity (Wildman–Crippen MR) is 81.1 cm³/mol. The lowest BCUT2D eigenvalue weighted by Gasteiger charge is -2.05. The van der Waals surface area contributed by atoms with Gasteiger partial charge in [-0.15, -0.1) is 0 Å². The first kappa shape index (κ1) is 14.9. The van der Waals surface area contributed by atoms with Gasteiger partial charge in [-0.3, -0.25) is 9.78 Å². The van der Waals surface area contributed by atoms with Crippen molar-refractivity contribution in [3.05, 3.63) is 83.3 Å². The van der Waals surface area contributed by atoms with E-state index in [1.807, 2.05) is 18.2 Å². The van der Waals surface area contributed by atoms with Crippen molar-refractivity contribution in [1.82, 2.24) is 15.5 Å². The van der Waals surface area contributed by atoms with Crippen LogP contribution in [0.2, 0.25) is 0 Å². The fraction of sp³-hybridized carbons (Fsp3) is 0.118. The van der Waals surface area contributed by atoms with Gasteiger partial charge in [-0.2, -0.15) is 0 Å². The fourth-order valence-corrected chi connectivity index (χ4v) is 2.14. The summed E-state index contributed by atoms with van der Waals surface area (Å²) in [4.78, 5) is 16.0. The van der Waals surface area contributed by atoms with E-state index in [-0.39, 0.29) is 17.4 Å². The highest BCUT2D eigenvalue weighted by atomic mass is 19.1. The average Bonchev–Trinajstić information content (AvgIpc) is 3.08.